The standard InChI is InChI=1S/C15H18BrNO/c16-13-8-6-12(7-9-13)15(18)17-10-2-4-11-3-1-5-14(11)17/h6-9,11,14H,1-5,10H2. The maximum atomic E-state index is 12.6. The zero-order valence-corrected chi connectivity index (χ0v) is 12.0. The molecule has 0 spiro atoms. The van der Waals surface area contributed by atoms with Gasteiger partial charge >= 0.3 is 0 Å². The number of halogens is 1. The number of hydrogen-bond donors (Lipinski definition) is 0. The molecule has 1 heterocycles. The molecule has 2 fully saturated rings. The first kappa shape index (κ1) is 12.2. The summed E-state index contributed by atoms with van der Waals surface area (Å²) in [7, 11) is 0. The Labute approximate surface area is 116 Å². The second kappa shape index (κ2) is 5.04. The van der Waals surface area contributed by atoms with E-state index in [1.165, 1.54) is 32.1 Å². The van der Waals surface area contributed by atoms with Crippen molar-refractivity contribution in [3.63, 3.8) is 0 Å². The number of amides is 1. The Bertz CT molecular complexity index is 442. The molecule has 3 heteroatoms. The van der Waals surface area contributed by atoms with Crippen molar-refractivity contribution < 1.29 is 4.79 Å². The molecule has 1 aromatic carbocycles. The van der Waals surface area contributed by atoms with E-state index in [0.29, 0.717) is 6.04 Å². The van der Waals surface area contributed by atoms with E-state index in [4.69, 9.17) is 0 Å². The van der Waals surface area contributed by atoms with Gasteiger partial charge in [0, 0.05) is 22.6 Å². The fourth-order valence-corrected chi connectivity index (χ4v) is 3.73. The Morgan fingerprint density at radius 3 is 2.61 bits per heavy atom. The molecule has 2 unspecified atom stereocenters. The van der Waals surface area contributed by atoms with Crippen molar-refractivity contribution in [3.8, 4) is 0 Å². The lowest BCUT2D eigenvalue weighted by atomic mass is 9.91. The van der Waals surface area contributed by atoms with Crippen molar-refractivity contribution in [2.45, 2.75) is 38.1 Å². The maximum absolute atomic E-state index is 12.6. The first-order chi connectivity index (χ1) is 8.75. The van der Waals surface area contributed by atoms with Crippen LogP contribution in [-0.2, 0) is 0 Å². The number of hydrogen-bond acceptors (Lipinski definition) is 1. The smallest absolute Gasteiger partial charge is 0.254 e. The van der Waals surface area contributed by atoms with Crippen LogP contribution in [0, 0.1) is 5.92 Å². The van der Waals surface area contributed by atoms with Crippen molar-refractivity contribution >= 4 is 21.8 Å². The van der Waals surface area contributed by atoms with Gasteiger partial charge in [-0.1, -0.05) is 22.4 Å². The lowest BCUT2D eigenvalue weighted by Gasteiger charge is -2.37. The van der Waals surface area contributed by atoms with Crippen LogP contribution in [0.2, 0.25) is 0 Å². The van der Waals surface area contributed by atoms with Crippen molar-refractivity contribution in [1.82, 2.24) is 4.90 Å². The van der Waals surface area contributed by atoms with E-state index in [0.717, 1.165) is 22.5 Å². The van der Waals surface area contributed by atoms with Crippen LogP contribution < -0.4 is 0 Å². The van der Waals surface area contributed by atoms with E-state index in [2.05, 4.69) is 20.8 Å². The number of carbonyl (C=O) groups is 1. The van der Waals surface area contributed by atoms with Gasteiger partial charge < -0.3 is 4.90 Å². The van der Waals surface area contributed by atoms with Crippen LogP contribution in [0.25, 0.3) is 0 Å². The Morgan fingerprint density at radius 1 is 1.11 bits per heavy atom. The molecule has 2 aliphatic rings. The maximum Gasteiger partial charge on any atom is 0.254 e. The van der Waals surface area contributed by atoms with Crippen LogP contribution in [0.5, 0.6) is 0 Å². The highest BCUT2D eigenvalue weighted by Gasteiger charge is 2.37. The van der Waals surface area contributed by atoms with Crippen molar-refractivity contribution in [1.29, 1.82) is 0 Å². The minimum absolute atomic E-state index is 0.221. The van der Waals surface area contributed by atoms with Crippen LogP contribution in [0.15, 0.2) is 28.7 Å². The number of rotatable bonds is 1. The van der Waals surface area contributed by atoms with Crippen LogP contribution in [-0.4, -0.2) is 23.4 Å². The average Bonchev–Trinajstić information content (AvgIpc) is 2.87. The Kier molecular flexibility index (Phi) is 3.42. The molecule has 3 rings (SSSR count). The highest BCUT2D eigenvalue weighted by Crippen LogP contribution is 2.37. The largest absolute Gasteiger partial charge is 0.335 e. The molecule has 1 aliphatic carbocycles. The average molecular weight is 308 g/mol. The quantitative estimate of drug-likeness (QED) is 0.771. The molecule has 2 nitrogen and oxygen atoms in total. The minimum Gasteiger partial charge on any atom is -0.335 e. The van der Waals surface area contributed by atoms with Gasteiger partial charge in [-0.15, -0.1) is 0 Å². The van der Waals surface area contributed by atoms with E-state index < -0.39 is 0 Å². The molecule has 1 saturated heterocycles. The molecule has 0 aromatic heterocycles. The third-order valence-electron chi connectivity index (χ3n) is 4.35. The van der Waals surface area contributed by atoms with Gasteiger partial charge in [-0.3, -0.25) is 4.79 Å². The number of nitrogens with zero attached hydrogens (tertiary/aromatic N) is 1. The van der Waals surface area contributed by atoms with Crippen molar-refractivity contribution in [2.75, 3.05) is 6.54 Å². The number of likely N-dealkylation sites (tertiary alicyclic amines) is 1. The van der Waals surface area contributed by atoms with Gasteiger partial charge in [0.2, 0.25) is 0 Å². The highest BCUT2D eigenvalue weighted by atomic mass is 79.9. The van der Waals surface area contributed by atoms with Gasteiger partial charge in [0.1, 0.15) is 0 Å². The predicted molar refractivity (Wildman–Crippen MR) is 75.5 cm³/mol. The van der Waals surface area contributed by atoms with E-state index in [1.54, 1.807) is 0 Å². The first-order valence-electron chi connectivity index (χ1n) is 6.82. The van der Waals surface area contributed by atoms with Crippen LogP contribution >= 0.6 is 15.9 Å². The Hall–Kier alpha value is -0.830. The predicted octanol–water partition coefficient (Wildman–Crippen LogP) is 3.85. The molecule has 0 N–H and O–H groups in total. The van der Waals surface area contributed by atoms with Gasteiger partial charge in [-0.2, -0.15) is 0 Å². The van der Waals surface area contributed by atoms with Crippen LogP contribution in [0.3, 0.4) is 0 Å². The van der Waals surface area contributed by atoms with Gasteiger partial charge in [0.05, 0.1) is 0 Å². The molecule has 1 aliphatic heterocycles. The molecule has 96 valence electrons. The summed E-state index contributed by atoms with van der Waals surface area (Å²) >= 11 is 3.41. The lowest BCUT2D eigenvalue weighted by Crippen LogP contribution is -2.46. The monoisotopic (exact) mass is 307 g/mol. The summed E-state index contributed by atoms with van der Waals surface area (Å²) < 4.78 is 1.02. The fourth-order valence-electron chi connectivity index (χ4n) is 3.46. The van der Waals surface area contributed by atoms with Gasteiger partial charge in [-0.25, -0.2) is 0 Å². The van der Waals surface area contributed by atoms with Crippen molar-refractivity contribution in [2.24, 2.45) is 5.92 Å². The summed E-state index contributed by atoms with van der Waals surface area (Å²) in [5, 5.41) is 0. The molecule has 2 atom stereocenters. The normalized spacial score (nSPS) is 27.1. The SMILES string of the molecule is O=C(c1ccc(Br)cc1)N1CCCC2CCCC21. The first-order valence-corrected chi connectivity index (χ1v) is 7.61. The minimum atomic E-state index is 0.221. The summed E-state index contributed by atoms with van der Waals surface area (Å²) in [5.41, 5.74) is 0.825. The number of carbonyl (C=O) groups excluding carboxylic acids is 1. The lowest BCUT2D eigenvalue weighted by molar-refractivity contribution is 0.0548. The van der Waals surface area contributed by atoms with Crippen LogP contribution in [0.1, 0.15) is 42.5 Å². The number of piperidine rings is 1. The third-order valence-corrected chi connectivity index (χ3v) is 4.87. The van der Waals surface area contributed by atoms with E-state index >= 15 is 0 Å². The molecular weight excluding hydrogens is 290 g/mol. The number of benzene rings is 1. The topological polar surface area (TPSA) is 20.3 Å². The molecule has 0 radical (unpaired) electrons. The van der Waals surface area contributed by atoms with E-state index in [1.807, 2.05) is 24.3 Å². The summed E-state index contributed by atoms with van der Waals surface area (Å²) in [4.78, 5) is 14.7. The Morgan fingerprint density at radius 2 is 1.83 bits per heavy atom. The second-order valence-electron chi connectivity index (χ2n) is 5.41. The van der Waals surface area contributed by atoms with Gasteiger partial charge in [0.25, 0.3) is 5.91 Å². The van der Waals surface area contributed by atoms with Gasteiger partial charge in [-0.05, 0) is 55.9 Å². The van der Waals surface area contributed by atoms with Gasteiger partial charge in [0.15, 0.2) is 0 Å². The molecule has 1 amide bonds. The second-order valence-corrected chi connectivity index (χ2v) is 6.32. The number of fused-ring (bicyclic) bond motifs is 1. The Balaban J connectivity index is 1.81. The summed E-state index contributed by atoms with van der Waals surface area (Å²) in [6.45, 7) is 0.941. The highest BCUT2D eigenvalue weighted by molar-refractivity contribution is 9.10. The zero-order valence-electron chi connectivity index (χ0n) is 10.4. The third kappa shape index (κ3) is 2.20. The van der Waals surface area contributed by atoms with Crippen molar-refractivity contribution in [3.05, 3.63) is 34.3 Å². The molecule has 18 heavy (non-hydrogen) atoms. The summed E-state index contributed by atoms with van der Waals surface area (Å²) in [5.74, 6) is 0.984. The molecule has 1 aromatic rings. The van der Waals surface area contributed by atoms with E-state index in [9.17, 15) is 4.79 Å². The molecular formula is C15H18BrNO. The summed E-state index contributed by atoms with van der Waals surface area (Å²) in [6, 6.07) is 8.25. The fraction of sp³-hybridized carbons (Fsp3) is 0.533. The molecule has 0 bridgehead atoms. The zero-order chi connectivity index (χ0) is 12.5. The van der Waals surface area contributed by atoms with E-state index in [-0.39, 0.29) is 5.91 Å². The molecule has 1 saturated carbocycles. The summed E-state index contributed by atoms with van der Waals surface area (Å²) in [6.07, 6.45) is 6.29. The van der Waals surface area contributed by atoms with Crippen LogP contribution in [0.4, 0.5) is 0 Å².